The third-order valence-corrected chi connectivity index (χ3v) is 4.96. The molecule has 2 aromatic carbocycles. The monoisotopic (exact) mass is 407 g/mol. The van der Waals surface area contributed by atoms with Crippen molar-refractivity contribution >= 4 is 34.3 Å². The van der Waals surface area contributed by atoms with E-state index in [9.17, 15) is 4.79 Å². The van der Waals surface area contributed by atoms with Gasteiger partial charge in [0.25, 0.3) is 5.91 Å². The van der Waals surface area contributed by atoms with Gasteiger partial charge in [-0.25, -0.2) is 4.98 Å². The third kappa shape index (κ3) is 4.22. The van der Waals surface area contributed by atoms with Gasteiger partial charge in [0.2, 0.25) is 5.89 Å². The molecule has 1 amide bonds. The minimum absolute atomic E-state index is 0.113. The Balaban J connectivity index is 1.44. The summed E-state index contributed by atoms with van der Waals surface area (Å²) < 4.78 is 11.3. The lowest BCUT2D eigenvalue weighted by Gasteiger charge is -2.10. The Morgan fingerprint density at radius 2 is 1.97 bits per heavy atom. The fourth-order valence-electron chi connectivity index (χ4n) is 2.95. The van der Waals surface area contributed by atoms with Gasteiger partial charge in [0.05, 0.1) is 5.56 Å². The summed E-state index contributed by atoms with van der Waals surface area (Å²) in [5.41, 5.74) is 4.49. The SMILES string of the molecule is Cc1cc(OCC(=O)Nc2ccc3oc(-c4cccnc4)nc3c2)cc(C)c1Cl. The lowest BCUT2D eigenvalue weighted by atomic mass is 10.1. The zero-order valence-corrected chi connectivity index (χ0v) is 16.7. The first-order chi connectivity index (χ1) is 14.0. The smallest absolute Gasteiger partial charge is 0.262 e. The maximum absolute atomic E-state index is 12.3. The number of aromatic nitrogens is 2. The molecule has 6 nitrogen and oxygen atoms in total. The molecule has 0 saturated carbocycles. The lowest BCUT2D eigenvalue weighted by molar-refractivity contribution is -0.118. The fourth-order valence-corrected chi connectivity index (χ4v) is 3.06. The van der Waals surface area contributed by atoms with Crippen LogP contribution in [0.25, 0.3) is 22.6 Å². The first-order valence-corrected chi connectivity index (χ1v) is 9.38. The second-order valence-corrected chi connectivity index (χ2v) is 7.03. The molecule has 0 saturated heterocycles. The molecular weight excluding hydrogens is 390 g/mol. The molecule has 146 valence electrons. The van der Waals surface area contributed by atoms with Crippen LogP contribution in [0.3, 0.4) is 0 Å². The maximum atomic E-state index is 12.3. The number of pyridine rings is 1. The number of ether oxygens (including phenoxy) is 1. The number of hydrogen-bond acceptors (Lipinski definition) is 5. The number of rotatable bonds is 5. The van der Waals surface area contributed by atoms with Gasteiger partial charge in [-0.1, -0.05) is 11.6 Å². The number of fused-ring (bicyclic) bond motifs is 1. The first-order valence-electron chi connectivity index (χ1n) is 9.00. The Hall–Kier alpha value is -3.38. The molecule has 4 aromatic rings. The molecule has 0 unspecified atom stereocenters. The number of nitrogens with zero attached hydrogens (tertiary/aromatic N) is 2. The van der Waals surface area contributed by atoms with E-state index >= 15 is 0 Å². The van der Waals surface area contributed by atoms with Crippen LogP contribution in [0, 0.1) is 13.8 Å². The van der Waals surface area contributed by atoms with Crippen molar-refractivity contribution in [2.24, 2.45) is 0 Å². The van der Waals surface area contributed by atoms with E-state index in [1.165, 1.54) is 0 Å². The largest absolute Gasteiger partial charge is 0.484 e. The maximum Gasteiger partial charge on any atom is 0.262 e. The van der Waals surface area contributed by atoms with Crippen molar-refractivity contribution < 1.29 is 13.9 Å². The standard InChI is InChI=1S/C22H18ClN3O3/c1-13-8-17(9-14(2)21(13)23)28-12-20(27)25-16-5-6-19-18(10-16)26-22(29-19)15-4-3-7-24-11-15/h3-11H,12H2,1-2H3,(H,25,27). The van der Waals surface area contributed by atoms with E-state index in [1.54, 1.807) is 30.6 Å². The Morgan fingerprint density at radius 3 is 2.69 bits per heavy atom. The lowest BCUT2D eigenvalue weighted by Crippen LogP contribution is -2.20. The average Bonchev–Trinajstić information content (AvgIpc) is 3.14. The molecule has 0 bridgehead atoms. The molecule has 1 N–H and O–H groups in total. The number of aryl methyl sites for hydroxylation is 2. The van der Waals surface area contributed by atoms with Gasteiger partial charge in [-0.05, 0) is 67.4 Å². The number of anilines is 1. The number of hydrogen-bond donors (Lipinski definition) is 1. The van der Waals surface area contributed by atoms with E-state index in [2.05, 4.69) is 15.3 Å². The molecule has 0 aliphatic carbocycles. The van der Waals surface area contributed by atoms with Crippen LogP contribution in [-0.4, -0.2) is 22.5 Å². The number of oxazole rings is 1. The highest BCUT2D eigenvalue weighted by Gasteiger charge is 2.11. The molecule has 7 heteroatoms. The summed E-state index contributed by atoms with van der Waals surface area (Å²) in [6.07, 6.45) is 3.37. The molecule has 0 atom stereocenters. The Bertz CT molecular complexity index is 1170. The summed E-state index contributed by atoms with van der Waals surface area (Å²) >= 11 is 6.16. The van der Waals surface area contributed by atoms with Crippen molar-refractivity contribution in [3.8, 4) is 17.2 Å². The summed E-state index contributed by atoms with van der Waals surface area (Å²) in [5.74, 6) is 0.812. The summed E-state index contributed by atoms with van der Waals surface area (Å²) in [6.45, 7) is 3.68. The summed E-state index contributed by atoms with van der Waals surface area (Å²) in [7, 11) is 0. The van der Waals surface area contributed by atoms with E-state index in [1.807, 2.05) is 38.1 Å². The van der Waals surface area contributed by atoms with Gasteiger partial charge in [0.1, 0.15) is 11.3 Å². The van der Waals surface area contributed by atoms with E-state index in [-0.39, 0.29) is 12.5 Å². The van der Waals surface area contributed by atoms with Gasteiger partial charge in [-0.3, -0.25) is 9.78 Å². The number of benzene rings is 2. The van der Waals surface area contributed by atoms with Gasteiger partial charge in [-0.2, -0.15) is 0 Å². The van der Waals surface area contributed by atoms with Crippen molar-refractivity contribution in [2.75, 3.05) is 11.9 Å². The van der Waals surface area contributed by atoms with Crippen molar-refractivity contribution in [1.29, 1.82) is 0 Å². The number of amides is 1. The minimum atomic E-state index is -0.273. The normalized spacial score (nSPS) is 10.9. The Labute approximate surface area is 172 Å². The minimum Gasteiger partial charge on any atom is -0.484 e. The molecule has 4 rings (SSSR count). The third-order valence-electron chi connectivity index (χ3n) is 4.36. The molecule has 0 aliphatic rings. The molecule has 29 heavy (non-hydrogen) atoms. The van der Waals surface area contributed by atoms with Gasteiger partial charge in [0, 0.05) is 23.1 Å². The summed E-state index contributed by atoms with van der Waals surface area (Å²) in [5, 5.41) is 3.51. The predicted octanol–water partition coefficient (Wildman–Crippen LogP) is 5.18. The van der Waals surface area contributed by atoms with Gasteiger partial charge < -0.3 is 14.5 Å². The summed E-state index contributed by atoms with van der Waals surface area (Å²) in [6, 6.07) is 12.6. The molecule has 0 spiro atoms. The van der Waals surface area contributed by atoms with E-state index in [0.29, 0.717) is 33.4 Å². The van der Waals surface area contributed by atoms with Gasteiger partial charge in [0.15, 0.2) is 12.2 Å². The highest BCUT2D eigenvalue weighted by atomic mass is 35.5. The fraction of sp³-hybridized carbons (Fsp3) is 0.136. The highest BCUT2D eigenvalue weighted by molar-refractivity contribution is 6.32. The molecule has 0 fully saturated rings. The van der Waals surface area contributed by atoms with Crippen LogP contribution in [0.5, 0.6) is 5.75 Å². The van der Waals surface area contributed by atoms with Crippen molar-refractivity contribution in [3.05, 3.63) is 71.0 Å². The first kappa shape index (κ1) is 19.0. The Morgan fingerprint density at radius 1 is 1.17 bits per heavy atom. The molecule has 0 radical (unpaired) electrons. The Kier molecular flexibility index (Phi) is 5.18. The zero-order chi connectivity index (χ0) is 20.4. The average molecular weight is 408 g/mol. The molecule has 2 heterocycles. The van der Waals surface area contributed by atoms with Crippen LogP contribution in [-0.2, 0) is 4.79 Å². The van der Waals surface area contributed by atoms with E-state index < -0.39 is 0 Å². The van der Waals surface area contributed by atoms with Crippen LogP contribution < -0.4 is 10.1 Å². The number of halogens is 1. The van der Waals surface area contributed by atoms with Crippen LogP contribution >= 0.6 is 11.6 Å². The predicted molar refractivity (Wildman–Crippen MR) is 112 cm³/mol. The molecular formula is C22H18ClN3O3. The van der Waals surface area contributed by atoms with E-state index in [4.69, 9.17) is 20.8 Å². The number of carbonyl (C=O) groups is 1. The molecule has 0 aliphatic heterocycles. The van der Waals surface area contributed by atoms with Crippen LogP contribution in [0.4, 0.5) is 5.69 Å². The van der Waals surface area contributed by atoms with Gasteiger partial charge >= 0.3 is 0 Å². The second kappa shape index (κ2) is 7.93. The summed E-state index contributed by atoms with van der Waals surface area (Å²) in [4.78, 5) is 20.8. The van der Waals surface area contributed by atoms with Crippen molar-refractivity contribution in [2.45, 2.75) is 13.8 Å². The van der Waals surface area contributed by atoms with Crippen LogP contribution in [0.15, 0.2) is 59.3 Å². The molecule has 2 aromatic heterocycles. The number of carbonyl (C=O) groups excluding carboxylic acids is 1. The van der Waals surface area contributed by atoms with E-state index in [0.717, 1.165) is 16.7 Å². The highest BCUT2D eigenvalue weighted by Crippen LogP contribution is 2.27. The zero-order valence-electron chi connectivity index (χ0n) is 15.9. The van der Waals surface area contributed by atoms with Crippen molar-refractivity contribution in [3.63, 3.8) is 0 Å². The number of nitrogens with one attached hydrogen (secondary N) is 1. The van der Waals surface area contributed by atoms with Crippen LogP contribution in [0.2, 0.25) is 5.02 Å². The topological polar surface area (TPSA) is 77.2 Å². The quantitative estimate of drug-likeness (QED) is 0.493. The second-order valence-electron chi connectivity index (χ2n) is 6.65. The van der Waals surface area contributed by atoms with Crippen LogP contribution in [0.1, 0.15) is 11.1 Å². The van der Waals surface area contributed by atoms with Crippen molar-refractivity contribution in [1.82, 2.24) is 9.97 Å². The van der Waals surface area contributed by atoms with Gasteiger partial charge in [-0.15, -0.1) is 0 Å².